The van der Waals surface area contributed by atoms with Crippen molar-refractivity contribution in [3.8, 4) is 5.75 Å². The van der Waals surface area contributed by atoms with Crippen molar-refractivity contribution >= 4 is 33.2 Å². The van der Waals surface area contributed by atoms with E-state index in [2.05, 4.69) is 17.1 Å². The Morgan fingerprint density at radius 2 is 1.84 bits per heavy atom. The molecule has 1 unspecified atom stereocenters. The highest BCUT2D eigenvalue weighted by Crippen LogP contribution is 2.30. The number of fused-ring (bicyclic) bond motifs is 1. The van der Waals surface area contributed by atoms with Gasteiger partial charge in [0.1, 0.15) is 12.4 Å². The molecule has 7 nitrogen and oxygen atoms in total. The Morgan fingerprint density at radius 3 is 2.52 bits per heavy atom. The molecule has 4 rings (SSSR count). The van der Waals surface area contributed by atoms with Crippen molar-refractivity contribution in [1.82, 2.24) is 9.21 Å². The van der Waals surface area contributed by atoms with E-state index in [1.165, 1.54) is 4.31 Å². The summed E-state index contributed by atoms with van der Waals surface area (Å²) in [6.45, 7) is 5.74. The first-order chi connectivity index (χ1) is 14.9. The molecule has 0 radical (unpaired) electrons. The zero-order valence-corrected chi connectivity index (χ0v) is 19.0. The molecule has 1 N–H and O–H groups in total. The molecule has 0 aromatic heterocycles. The largest absolute Gasteiger partial charge is 0.492 e. The van der Waals surface area contributed by atoms with Crippen molar-refractivity contribution in [2.75, 3.05) is 44.6 Å². The van der Waals surface area contributed by atoms with Crippen molar-refractivity contribution in [1.29, 1.82) is 0 Å². The van der Waals surface area contributed by atoms with Crippen LogP contribution in [0.4, 0.5) is 5.69 Å². The monoisotopic (exact) mass is 463 g/mol. The molecule has 31 heavy (non-hydrogen) atoms. The standard InChI is InChI=1S/C22H26ClN3O4S/c1-2-25-9-11-26(12-10-25)31(28,29)20-6-4-19(5-7-20)24-22(27)17-13-16-14-18(23)3-8-21(16)30-15-17/h3-8,14,17H,2,9-13,15H2,1H3,(H,24,27). The molecule has 1 amide bonds. The summed E-state index contributed by atoms with van der Waals surface area (Å²) in [6, 6.07) is 11.7. The number of nitrogens with zero attached hydrogens (tertiary/aromatic N) is 2. The SMILES string of the molecule is CCN1CCN(S(=O)(=O)c2ccc(NC(=O)C3COc4ccc(Cl)cc4C3)cc2)CC1. The number of carbonyl (C=O) groups excluding carboxylic acids is 1. The van der Waals surface area contributed by atoms with Crippen LogP contribution in [-0.4, -0.2) is 62.9 Å². The van der Waals surface area contributed by atoms with Gasteiger partial charge in [0.2, 0.25) is 15.9 Å². The van der Waals surface area contributed by atoms with Crippen LogP contribution in [0, 0.1) is 5.92 Å². The van der Waals surface area contributed by atoms with Crippen LogP contribution in [0.1, 0.15) is 12.5 Å². The van der Waals surface area contributed by atoms with Gasteiger partial charge >= 0.3 is 0 Å². The van der Waals surface area contributed by atoms with Crippen LogP contribution in [0.15, 0.2) is 47.4 Å². The minimum atomic E-state index is -3.54. The third-order valence-electron chi connectivity index (χ3n) is 5.84. The second-order valence-corrected chi connectivity index (χ2v) is 10.2. The molecule has 0 saturated carbocycles. The van der Waals surface area contributed by atoms with Gasteiger partial charge in [0, 0.05) is 36.9 Å². The number of ether oxygens (including phenoxy) is 1. The Hall–Kier alpha value is -2.13. The number of nitrogens with one attached hydrogen (secondary N) is 1. The Labute approximate surface area is 188 Å². The average molecular weight is 464 g/mol. The van der Waals surface area contributed by atoms with Gasteiger partial charge in [0.15, 0.2) is 0 Å². The van der Waals surface area contributed by atoms with Gasteiger partial charge in [0.25, 0.3) is 0 Å². The highest BCUT2D eigenvalue weighted by molar-refractivity contribution is 7.89. The van der Waals surface area contributed by atoms with E-state index in [4.69, 9.17) is 16.3 Å². The normalized spacial score (nSPS) is 20.0. The van der Waals surface area contributed by atoms with Gasteiger partial charge in [0.05, 0.1) is 10.8 Å². The maximum Gasteiger partial charge on any atom is 0.243 e. The van der Waals surface area contributed by atoms with E-state index in [1.807, 2.05) is 12.1 Å². The van der Waals surface area contributed by atoms with Crippen LogP contribution in [0.2, 0.25) is 5.02 Å². The lowest BCUT2D eigenvalue weighted by Crippen LogP contribution is -2.48. The summed E-state index contributed by atoms with van der Waals surface area (Å²) in [7, 11) is -3.54. The van der Waals surface area contributed by atoms with Crippen LogP contribution in [0.25, 0.3) is 0 Å². The first kappa shape index (κ1) is 22.1. The van der Waals surface area contributed by atoms with Crippen LogP contribution in [0.3, 0.4) is 0 Å². The lowest BCUT2D eigenvalue weighted by atomic mass is 9.96. The van der Waals surface area contributed by atoms with Crippen molar-refractivity contribution in [2.24, 2.45) is 5.92 Å². The van der Waals surface area contributed by atoms with Crippen molar-refractivity contribution in [3.63, 3.8) is 0 Å². The Bertz CT molecular complexity index is 1050. The van der Waals surface area contributed by atoms with Crippen LogP contribution in [-0.2, 0) is 21.2 Å². The molecule has 2 aliphatic heterocycles. The molecule has 2 aliphatic rings. The molecule has 0 bridgehead atoms. The van der Waals surface area contributed by atoms with E-state index in [0.29, 0.717) is 30.2 Å². The third-order valence-corrected chi connectivity index (χ3v) is 7.99. The lowest BCUT2D eigenvalue weighted by Gasteiger charge is -2.33. The number of amides is 1. The predicted octanol–water partition coefficient (Wildman–Crippen LogP) is 2.86. The number of benzene rings is 2. The van der Waals surface area contributed by atoms with E-state index >= 15 is 0 Å². The van der Waals surface area contributed by atoms with Crippen molar-refractivity contribution in [2.45, 2.75) is 18.2 Å². The van der Waals surface area contributed by atoms with Gasteiger partial charge in [-0.15, -0.1) is 0 Å². The predicted molar refractivity (Wildman–Crippen MR) is 120 cm³/mol. The number of halogens is 1. The van der Waals surface area contributed by atoms with Gasteiger partial charge in [-0.2, -0.15) is 4.31 Å². The van der Waals surface area contributed by atoms with E-state index in [-0.39, 0.29) is 23.3 Å². The maximum absolute atomic E-state index is 12.9. The summed E-state index contributed by atoms with van der Waals surface area (Å²) in [6.07, 6.45) is 0.540. The highest BCUT2D eigenvalue weighted by Gasteiger charge is 2.29. The smallest absolute Gasteiger partial charge is 0.243 e. The first-order valence-corrected chi connectivity index (χ1v) is 12.2. The Balaban J connectivity index is 1.39. The van der Waals surface area contributed by atoms with Gasteiger partial charge < -0.3 is 15.0 Å². The number of hydrogen-bond donors (Lipinski definition) is 1. The van der Waals surface area contributed by atoms with Gasteiger partial charge in [-0.3, -0.25) is 4.79 Å². The molecule has 1 saturated heterocycles. The highest BCUT2D eigenvalue weighted by atomic mass is 35.5. The summed E-state index contributed by atoms with van der Waals surface area (Å²) < 4.78 is 33.0. The minimum Gasteiger partial charge on any atom is -0.492 e. The van der Waals surface area contributed by atoms with Crippen molar-refractivity contribution < 1.29 is 17.9 Å². The van der Waals surface area contributed by atoms with E-state index in [9.17, 15) is 13.2 Å². The van der Waals surface area contributed by atoms with E-state index in [1.54, 1.807) is 30.3 Å². The number of likely N-dealkylation sites (N-methyl/N-ethyl adjacent to an activating group) is 1. The Kier molecular flexibility index (Phi) is 6.52. The maximum atomic E-state index is 12.9. The summed E-state index contributed by atoms with van der Waals surface area (Å²) in [4.78, 5) is 15.2. The number of anilines is 1. The molecule has 0 spiro atoms. The average Bonchev–Trinajstić information content (AvgIpc) is 2.79. The second-order valence-electron chi connectivity index (χ2n) is 7.82. The molecule has 1 atom stereocenters. The molecule has 2 heterocycles. The van der Waals surface area contributed by atoms with Gasteiger partial charge in [-0.25, -0.2) is 8.42 Å². The van der Waals surface area contributed by atoms with Gasteiger partial charge in [-0.05, 0) is 61.0 Å². The minimum absolute atomic E-state index is 0.170. The number of carbonyl (C=O) groups is 1. The fourth-order valence-corrected chi connectivity index (χ4v) is 5.54. The summed E-state index contributed by atoms with van der Waals surface area (Å²) in [5.74, 6) is 0.240. The lowest BCUT2D eigenvalue weighted by molar-refractivity contribution is -0.121. The number of rotatable bonds is 5. The first-order valence-electron chi connectivity index (χ1n) is 10.4. The number of sulfonamides is 1. The van der Waals surface area contributed by atoms with Gasteiger partial charge in [-0.1, -0.05) is 18.5 Å². The van der Waals surface area contributed by atoms with Crippen molar-refractivity contribution in [3.05, 3.63) is 53.1 Å². The second kappa shape index (κ2) is 9.16. The number of hydrogen-bond acceptors (Lipinski definition) is 5. The summed E-state index contributed by atoms with van der Waals surface area (Å²) >= 11 is 6.04. The molecule has 166 valence electrons. The fourth-order valence-electron chi connectivity index (χ4n) is 3.92. The zero-order valence-electron chi connectivity index (χ0n) is 17.4. The van der Waals surface area contributed by atoms with Crippen LogP contribution >= 0.6 is 11.6 Å². The third kappa shape index (κ3) is 4.87. The van der Waals surface area contributed by atoms with E-state index < -0.39 is 10.0 Å². The molecular weight excluding hydrogens is 438 g/mol. The topological polar surface area (TPSA) is 79.0 Å². The van der Waals surface area contributed by atoms with Crippen LogP contribution in [0.5, 0.6) is 5.75 Å². The fraction of sp³-hybridized carbons (Fsp3) is 0.409. The molecule has 9 heteroatoms. The van der Waals surface area contributed by atoms with E-state index in [0.717, 1.165) is 30.9 Å². The summed E-state index contributed by atoms with van der Waals surface area (Å²) in [5.41, 5.74) is 1.46. The molecule has 1 fully saturated rings. The molecule has 2 aromatic rings. The Morgan fingerprint density at radius 1 is 1.13 bits per heavy atom. The summed E-state index contributed by atoms with van der Waals surface area (Å²) in [5, 5.41) is 3.47. The zero-order chi connectivity index (χ0) is 22.0. The molecular formula is C22H26ClN3O4S. The molecule has 2 aromatic carbocycles. The number of piperazine rings is 1. The van der Waals surface area contributed by atoms with Crippen LogP contribution < -0.4 is 10.1 Å². The molecule has 0 aliphatic carbocycles. The quantitative estimate of drug-likeness (QED) is 0.737.